The summed E-state index contributed by atoms with van der Waals surface area (Å²) in [6.45, 7) is 2.08. The zero-order valence-electron chi connectivity index (χ0n) is 11.0. The molecule has 2 N–H and O–H groups in total. The smallest absolute Gasteiger partial charge is 0.177 e. The fourth-order valence-electron chi connectivity index (χ4n) is 1.84. The summed E-state index contributed by atoms with van der Waals surface area (Å²) < 4.78 is 5.37. The summed E-state index contributed by atoms with van der Waals surface area (Å²) in [5.41, 5.74) is 8.78. The van der Waals surface area contributed by atoms with Crippen LogP contribution in [0, 0.1) is 6.92 Å². The van der Waals surface area contributed by atoms with Gasteiger partial charge in [-0.1, -0.05) is 17.3 Å². The molecular weight excluding hydrogens is 288 g/mol. The molecule has 2 aromatic heterocycles. The highest BCUT2D eigenvalue weighted by Gasteiger charge is 2.08. The number of aryl methyl sites for hydroxylation is 1. The van der Waals surface area contributed by atoms with Gasteiger partial charge in [0, 0.05) is 22.4 Å². The Morgan fingerprint density at radius 1 is 1.30 bits per heavy atom. The van der Waals surface area contributed by atoms with E-state index in [-0.39, 0.29) is 0 Å². The molecule has 0 saturated carbocycles. The minimum absolute atomic E-state index is 0.777. The highest BCUT2D eigenvalue weighted by Crippen LogP contribution is 2.30. The average molecular weight is 302 g/mol. The van der Waals surface area contributed by atoms with Crippen molar-refractivity contribution >= 4 is 28.8 Å². The Bertz CT molecular complexity index is 704. The lowest BCUT2D eigenvalue weighted by atomic mass is 10.2. The molecule has 0 bridgehead atoms. The second-order valence-corrected chi connectivity index (χ2v) is 6.44. The molecule has 0 amide bonds. The van der Waals surface area contributed by atoms with Crippen molar-refractivity contribution in [3.63, 3.8) is 0 Å². The Kier molecular flexibility index (Phi) is 3.80. The molecule has 0 aliphatic carbocycles. The number of rotatable bonds is 4. The molecule has 0 aliphatic rings. The van der Waals surface area contributed by atoms with Crippen molar-refractivity contribution in [2.45, 2.75) is 17.6 Å². The van der Waals surface area contributed by atoms with Gasteiger partial charge in [0.15, 0.2) is 5.76 Å². The molecule has 0 saturated heterocycles. The van der Waals surface area contributed by atoms with Crippen molar-refractivity contribution in [3.8, 4) is 10.6 Å². The van der Waals surface area contributed by atoms with Gasteiger partial charge in [0.2, 0.25) is 0 Å². The number of anilines is 1. The Morgan fingerprint density at radius 2 is 2.20 bits per heavy atom. The second-order valence-electron chi connectivity index (χ2n) is 4.47. The van der Waals surface area contributed by atoms with E-state index in [1.54, 1.807) is 23.1 Å². The van der Waals surface area contributed by atoms with E-state index in [0.717, 1.165) is 27.8 Å². The van der Waals surface area contributed by atoms with Crippen LogP contribution in [-0.2, 0) is 5.75 Å². The summed E-state index contributed by atoms with van der Waals surface area (Å²) in [7, 11) is 0. The zero-order valence-corrected chi connectivity index (χ0v) is 12.6. The van der Waals surface area contributed by atoms with Crippen LogP contribution in [0.15, 0.2) is 51.2 Å². The number of thiophene rings is 1. The molecule has 3 aromatic rings. The molecule has 3 rings (SSSR count). The van der Waals surface area contributed by atoms with Crippen LogP contribution in [0.3, 0.4) is 0 Å². The molecule has 3 nitrogen and oxygen atoms in total. The van der Waals surface area contributed by atoms with Gasteiger partial charge >= 0.3 is 0 Å². The van der Waals surface area contributed by atoms with Gasteiger partial charge in [0.25, 0.3) is 0 Å². The largest absolute Gasteiger partial charge is 0.399 e. The second kappa shape index (κ2) is 5.73. The topological polar surface area (TPSA) is 52.0 Å². The summed E-state index contributed by atoms with van der Waals surface area (Å²) >= 11 is 3.38. The van der Waals surface area contributed by atoms with E-state index in [9.17, 15) is 0 Å². The molecule has 0 aliphatic heterocycles. The molecule has 1 aromatic carbocycles. The maximum absolute atomic E-state index is 5.82. The number of hydrogen-bond donors (Lipinski definition) is 1. The summed E-state index contributed by atoms with van der Waals surface area (Å²) in [5, 5.41) is 6.15. The summed E-state index contributed by atoms with van der Waals surface area (Å²) in [5.74, 6) is 1.61. The molecule has 5 heteroatoms. The average Bonchev–Trinajstić information content (AvgIpc) is 3.09. The normalized spacial score (nSPS) is 10.8. The van der Waals surface area contributed by atoms with Crippen LogP contribution >= 0.6 is 23.1 Å². The molecule has 0 atom stereocenters. The van der Waals surface area contributed by atoms with Crippen LogP contribution in [-0.4, -0.2) is 5.16 Å². The highest BCUT2D eigenvalue weighted by molar-refractivity contribution is 7.98. The zero-order chi connectivity index (χ0) is 13.9. The molecule has 0 unspecified atom stereocenters. The van der Waals surface area contributed by atoms with Gasteiger partial charge in [-0.15, -0.1) is 23.1 Å². The Morgan fingerprint density at radius 3 is 3.00 bits per heavy atom. The molecule has 102 valence electrons. The van der Waals surface area contributed by atoms with Crippen LogP contribution in [0.25, 0.3) is 10.6 Å². The summed E-state index contributed by atoms with van der Waals surface area (Å²) in [4.78, 5) is 2.29. The van der Waals surface area contributed by atoms with Crippen LogP contribution in [0.2, 0.25) is 0 Å². The van der Waals surface area contributed by atoms with E-state index in [1.807, 2.05) is 41.8 Å². The summed E-state index contributed by atoms with van der Waals surface area (Å²) in [6, 6.07) is 12.0. The highest BCUT2D eigenvalue weighted by atomic mass is 32.2. The molecule has 0 fully saturated rings. The first-order valence-corrected chi connectivity index (χ1v) is 8.07. The van der Waals surface area contributed by atoms with Crippen molar-refractivity contribution in [1.82, 2.24) is 5.16 Å². The minimum Gasteiger partial charge on any atom is -0.399 e. The van der Waals surface area contributed by atoms with Gasteiger partial charge in [-0.3, -0.25) is 0 Å². The van der Waals surface area contributed by atoms with Gasteiger partial charge in [0.1, 0.15) is 0 Å². The molecular formula is C15H14N2OS2. The van der Waals surface area contributed by atoms with Gasteiger partial charge in [0.05, 0.1) is 10.6 Å². The first kappa shape index (κ1) is 13.3. The number of nitrogens with two attached hydrogens (primary N) is 1. The van der Waals surface area contributed by atoms with Crippen molar-refractivity contribution in [3.05, 3.63) is 53.0 Å². The number of hydrogen-bond acceptors (Lipinski definition) is 5. The van der Waals surface area contributed by atoms with Gasteiger partial charge < -0.3 is 10.3 Å². The lowest BCUT2D eigenvalue weighted by Crippen LogP contribution is -1.88. The lowest BCUT2D eigenvalue weighted by molar-refractivity contribution is 0.427. The Balaban J connectivity index is 1.71. The van der Waals surface area contributed by atoms with E-state index in [2.05, 4.69) is 12.1 Å². The third-order valence-electron chi connectivity index (χ3n) is 2.91. The van der Waals surface area contributed by atoms with Gasteiger partial charge in [-0.05, 0) is 36.1 Å². The van der Waals surface area contributed by atoms with E-state index in [4.69, 9.17) is 10.3 Å². The number of nitrogens with zero attached hydrogens (tertiary/aromatic N) is 1. The first-order chi connectivity index (χ1) is 9.72. The molecule has 20 heavy (non-hydrogen) atoms. The Hall–Kier alpha value is -1.72. The van der Waals surface area contributed by atoms with Crippen molar-refractivity contribution in [2.75, 3.05) is 5.73 Å². The van der Waals surface area contributed by atoms with Crippen molar-refractivity contribution in [2.24, 2.45) is 0 Å². The fourth-order valence-corrected chi connectivity index (χ4v) is 3.47. The monoisotopic (exact) mass is 302 g/mol. The number of aromatic nitrogens is 1. The van der Waals surface area contributed by atoms with Crippen LogP contribution in [0.5, 0.6) is 0 Å². The van der Waals surface area contributed by atoms with E-state index in [0.29, 0.717) is 0 Å². The summed E-state index contributed by atoms with van der Waals surface area (Å²) in [6.07, 6.45) is 0. The fraction of sp³-hybridized carbons (Fsp3) is 0.133. The quantitative estimate of drug-likeness (QED) is 0.566. The first-order valence-electron chi connectivity index (χ1n) is 6.21. The third kappa shape index (κ3) is 2.89. The number of thioether (sulfide) groups is 1. The predicted octanol–water partition coefficient (Wildman–Crippen LogP) is 4.59. The standard InChI is InChI=1S/C15H14N2OS2/c1-10-4-5-11(16)7-15(10)20-9-12-8-13(18-17-12)14-3-2-6-19-14/h2-8H,9,16H2,1H3. The SMILES string of the molecule is Cc1ccc(N)cc1SCc1cc(-c2cccs2)on1. The molecule has 0 radical (unpaired) electrons. The van der Waals surface area contributed by atoms with Crippen molar-refractivity contribution in [1.29, 1.82) is 0 Å². The molecule has 2 heterocycles. The lowest BCUT2D eigenvalue weighted by Gasteiger charge is -2.04. The van der Waals surface area contributed by atoms with Gasteiger partial charge in [-0.25, -0.2) is 0 Å². The van der Waals surface area contributed by atoms with Crippen molar-refractivity contribution < 1.29 is 4.52 Å². The number of nitrogen functional groups attached to an aromatic ring is 1. The number of benzene rings is 1. The minimum atomic E-state index is 0.777. The van der Waals surface area contributed by atoms with Crippen LogP contribution in [0.4, 0.5) is 5.69 Å². The maximum Gasteiger partial charge on any atom is 0.177 e. The predicted molar refractivity (Wildman–Crippen MR) is 85.0 cm³/mol. The van der Waals surface area contributed by atoms with E-state index >= 15 is 0 Å². The van der Waals surface area contributed by atoms with Gasteiger partial charge in [-0.2, -0.15) is 0 Å². The van der Waals surface area contributed by atoms with Crippen LogP contribution < -0.4 is 5.73 Å². The molecule has 0 spiro atoms. The Labute approximate surface area is 125 Å². The third-order valence-corrected chi connectivity index (χ3v) is 4.99. The van der Waals surface area contributed by atoms with E-state index in [1.165, 1.54) is 10.5 Å². The van der Waals surface area contributed by atoms with E-state index < -0.39 is 0 Å². The van der Waals surface area contributed by atoms with Crippen LogP contribution in [0.1, 0.15) is 11.3 Å². The maximum atomic E-state index is 5.82.